The molecule has 0 aliphatic heterocycles. The Morgan fingerprint density at radius 3 is 2.38 bits per heavy atom. The molecule has 0 aliphatic carbocycles. The van der Waals surface area contributed by atoms with E-state index in [1.807, 2.05) is 0 Å². The normalized spacial score (nSPS) is 11.3. The Balaban J connectivity index is 3.45. The topological polar surface area (TPSA) is 55.2 Å². The van der Waals surface area contributed by atoms with Crippen LogP contribution in [0.4, 0.5) is 24.5 Å². The number of nitrogens with zero attached hydrogens (tertiary/aromatic N) is 1. The Kier molecular flexibility index (Phi) is 3.27. The largest absolute Gasteiger partial charge is 0.418 e. The van der Waals surface area contributed by atoms with Gasteiger partial charge in [-0.1, -0.05) is 11.6 Å². The molecule has 0 aromatic heterocycles. The van der Waals surface area contributed by atoms with Gasteiger partial charge in [0.15, 0.2) is 0 Å². The van der Waals surface area contributed by atoms with Crippen molar-refractivity contribution >= 4 is 23.0 Å². The maximum absolute atomic E-state index is 12.4. The zero-order valence-electron chi connectivity index (χ0n) is 7.93. The van der Waals surface area contributed by atoms with Gasteiger partial charge in [-0.2, -0.15) is 13.2 Å². The maximum atomic E-state index is 12.4. The van der Waals surface area contributed by atoms with Gasteiger partial charge in [-0.25, -0.2) is 0 Å². The van der Waals surface area contributed by atoms with Crippen LogP contribution in [0.5, 0.6) is 0 Å². The molecule has 1 aromatic carbocycles. The van der Waals surface area contributed by atoms with Crippen molar-refractivity contribution in [2.24, 2.45) is 0 Å². The first-order valence-electron chi connectivity index (χ1n) is 4.00. The maximum Gasteiger partial charge on any atom is 0.418 e. The fourth-order valence-electron chi connectivity index (χ4n) is 1.13. The molecule has 0 aliphatic rings. The van der Waals surface area contributed by atoms with E-state index in [4.69, 9.17) is 11.6 Å². The average Bonchev–Trinajstić information content (AvgIpc) is 2.14. The fourth-order valence-corrected chi connectivity index (χ4v) is 1.40. The van der Waals surface area contributed by atoms with Crippen LogP contribution >= 0.6 is 11.6 Å². The van der Waals surface area contributed by atoms with Crippen molar-refractivity contribution in [3.63, 3.8) is 0 Å². The molecule has 0 saturated heterocycles. The molecule has 16 heavy (non-hydrogen) atoms. The lowest BCUT2D eigenvalue weighted by atomic mass is 10.1. The van der Waals surface area contributed by atoms with Crippen LogP contribution in [0, 0.1) is 10.1 Å². The highest BCUT2D eigenvalue weighted by Crippen LogP contribution is 2.39. The zero-order chi connectivity index (χ0) is 12.5. The number of benzene rings is 1. The molecule has 88 valence electrons. The molecule has 0 bridgehead atoms. The lowest BCUT2D eigenvalue weighted by Crippen LogP contribution is -2.08. The van der Waals surface area contributed by atoms with E-state index >= 15 is 0 Å². The fraction of sp³-hybridized carbons (Fsp3) is 0.250. The molecule has 0 unspecified atom stereocenters. The van der Waals surface area contributed by atoms with Gasteiger partial charge >= 0.3 is 6.18 Å². The summed E-state index contributed by atoms with van der Waals surface area (Å²) in [6.45, 7) is 0. The van der Waals surface area contributed by atoms with Gasteiger partial charge in [0.2, 0.25) is 0 Å². The van der Waals surface area contributed by atoms with Gasteiger partial charge in [0.1, 0.15) is 5.69 Å². The van der Waals surface area contributed by atoms with Gasteiger partial charge in [0.25, 0.3) is 5.69 Å². The Bertz CT molecular complexity index is 434. The zero-order valence-corrected chi connectivity index (χ0v) is 8.69. The second-order valence-electron chi connectivity index (χ2n) is 2.85. The van der Waals surface area contributed by atoms with Crippen LogP contribution in [0.3, 0.4) is 0 Å². The highest BCUT2D eigenvalue weighted by Gasteiger charge is 2.35. The summed E-state index contributed by atoms with van der Waals surface area (Å²) in [6.07, 6.45) is -4.71. The third-order valence-corrected chi connectivity index (χ3v) is 2.17. The lowest BCUT2D eigenvalue weighted by molar-refractivity contribution is -0.384. The molecule has 0 heterocycles. The van der Waals surface area contributed by atoms with Crippen LogP contribution in [0.2, 0.25) is 5.02 Å². The van der Waals surface area contributed by atoms with E-state index in [9.17, 15) is 23.3 Å². The third-order valence-electron chi connectivity index (χ3n) is 1.86. The summed E-state index contributed by atoms with van der Waals surface area (Å²) in [5.41, 5.74) is -1.96. The highest BCUT2D eigenvalue weighted by atomic mass is 35.5. The second-order valence-corrected chi connectivity index (χ2v) is 3.26. The van der Waals surface area contributed by atoms with Gasteiger partial charge in [-0.05, 0) is 6.07 Å². The Morgan fingerprint density at radius 2 is 2.00 bits per heavy atom. The quantitative estimate of drug-likeness (QED) is 0.651. The van der Waals surface area contributed by atoms with Crippen molar-refractivity contribution in [3.8, 4) is 0 Å². The molecule has 1 aromatic rings. The van der Waals surface area contributed by atoms with Crippen molar-refractivity contribution < 1.29 is 18.1 Å². The van der Waals surface area contributed by atoms with Crippen LogP contribution in [-0.4, -0.2) is 12.0 Å². The van der Waals surface area contributed by atoms with E-state index in [-0.39, 0.29) is 5.69 Å². The summed E-state index contributed by atoms with van der Waals surface area (Å²) >= 11 is 5.39. The first-order chi connectivity index (χ1) is 7.27. The van der Waals surface area contributed by atoms with E-state index in [0.29, 0.717) is 6.07 Å². The highest BCUT2D eigenvalue weighted by molar-refractivity contribution is 6.31. The smallest absolute Gasteiger partial charge is 0.383 e. The van der Waals surface area contributed by atoms with Crippen LogP contribution < -0.4 is 5.32 Å². The number of halogens is 4. The predicted octanol–water partition coefficient (Wildman–Crippen LogP) is 3.31. The number of nitrogens with one attached hydrogen (secondary N) is 1. The summed E-state index contributed by atoms with van der Waals surface area (Å²) in [4.78, 5) is 9.62. The van der Waals surface area contributed by atoms with Crippen molar-refractivity contribution in [1.82, 2.24) is 0 Å². The summed E-state index contributed by atoms with van der Waals surface area (Å²) in [5.74, 6) is 0. The minimum absolute atomic E-state index is 0.0667. The van der Waals surface area contributed by atoms with E-state index in [0.717, 1.165) is 6.07 Å². The second kappa shape index (κ2) is 4.17. The van der Waals surface area contributed by atoms with Crippen molar-refractivity contribution in [2.45, 2.75) is 6.18 Å². The molecule has 0 fully saturated rings. The molecular formula is C8H6ClF3N2O2. The SMILES string of the molecule is CNc1cc(Cl)c(C(F)(F)F)cc1[N+](=O)[O-]. The molecule has 0 spiro atoms. The summed E-state index contributed by atoms with van der Waals surface area (Å²) in [7, 11) is 1.35. The molecule has 0 amide bonds. The third kappa shape index (κ3) is 2.35. The average molecular weight is 255 g/mol. The molecule has 4 nitrogen and oxygen atoms in total. The van der Waals surface area contributed by atoms with Crippen LogP contribution in [0.25, 0.3) is 0 Å². The Hall–Kier alpha value is -1.50. The Morgan fingerprint density at radius 1 is 1.44 bits per heavy atom. The van der Waals surface area contributed by atoms with E-state index in [1.54, 1.807) is 0 Å². The monoisotopic (exact) mass is 254 g/mol. The minimum atomic E-state index is -4.71. The van der Waals surface area contributed by atoms with Gasteiger partial charge in [0.05, 0.1) is 15.5 Å². The molecule has 1 N–H and O–H groups in total. The van der Waals surface area contributed by atoms with Gasteiger partial charge in [-0.15, -0.1) is 0 Å². The standard InChI is InChI=1S/C8H6ClF3N2O2/c1-13-6-3-5(9)4(8(10,11)12)2-7(6)14(15)16/h2-3,13H,1H3. The Labute approximate surface area is 93.2 Å². The first-order valence-corrected chi connectivity index (χ1v) is 4.38. The predicted molar refractivity (Wildman–Crippen MR) is 52.7 cm³/mol. The van der Waals surface area contributed by atoms with Crippen molar-refractivity contribution in [3.05, 3.63) is 32.8 Å². The van der Waals surface area contributed by atoms with Gasteiger partial charge in [0, 0.05) is 13.1 Å². The first kappa shape index (κ1) is 12.6. The van der Waals surface area contributed by atoms with Crippen LogP contribution in [0.15, 0.2) is 12.1 Å². The summed E-state index contributed by atoms with van der Waals surface area (Å²) in [6, 6.07) is 1.29. The number of anilines is 1. The summed E-state index contributed by atoms with van der Waals surface area (Å²) in [5, 5.41) is 12.3. The van der Waals surface area contributed by atoms with Crippen LogP contribution in [0.1, 0.15) is 5.56 Å². The van der Waals surface area contributed by atoms with Gasteiger partial charge < -0.3 is 5.32 Å². The number of nitro groups is 1. The number of hydrogen-bond acceptors (Lipinski definition) is 3. The van der Waals surface area contributed by atoms with E-state index in [1.165, 1.54) is 7.05 Å². The van der Waals surface area contributed by atoms with E-state index < -0.39 is 27.4 Å². The molecule has 0 saturated carbocycles. The molecule has 0 radical (unpaired) electrons. The lowest BCUT2D eigenvalue weighted by Gasteiger charge is -2.10. The van der Waals surface area contributed by atoms with E-state index in [2.05, 4.69) is 5.32 Å². The number of hydrogen-bond donors (Lipinski definition) is 1. The molecule has 8 heteroatoms. The van der Waals surface area contributed by atoms with Gasteiger partial charge in [-0.3, -0.25) is 10.1 Å². The number of alkyl halides is 3. The van der Waals surface area contributed by atoms with Crippen molar-refractivity contribution in [1.29, 1.82) is 0 Å². The molecule has 1 rings (SSSR count). The summed E-state index contributed by atoms with van der Waals surface area (Å²) < 4.78 is 37.2. The van der Waals surface area contributed by atoms with Crippen LogP contribution in [-0.2, 0) is 6.18 Å². The minimum Gasteiger partial charge on any atom is -0.383 e. The number of nitro benzene ring substituents is 1. The van der Waals surface area contributed by atoms with Crippen molar-refractivity contribution in [2.75, 3.05) is 12.4 Å². The number of rotatable bonds is 2. The molecule has 0 atom stereocenters. The molecular weight excluding hydrogens is 249 g/mol.